The van der Waals surface area contributed by atoms with Crippen molar-refractivity contribution in [2.75, 3.05) is 11.9 Å². The van der Waals surface area contributed by atoms with Crippen LogP contribution in [0.5, 0.6) is 5.75 Å². The molecule has 1 aliphatic rings. The van der Waals surface area contributed by atoms with E-state index < -0.39 is 6.36 Å². The molecule has 1 N–H and O–H groups in total. The second-order valence-corrected chi connectivity index (χ2v) is 4.16. The Balaban J connectivity index is 2.21. The van der Waals surface area contributed by atoms with Crippen molar-refractivity contribution in [1.29, 1.82) is 0 Å². The van der Waals surface area contributed by atoms with Crippen molar-refractivity contribution in [2.45, 2.75) is 32.0 Å². The molecule has 0 saturated heterocycles. The van der Waals surface area contributed by atoms with Gasteiger partial charge in [0, 0.05) is 18.2 Å². The summed E-state index contributed by atoms with van der Waals surface area (Å²) in [6.45, 7) is 2.85. The number of fused-ring (bicyclic) bond motifs is 1. The molecule has 0 bridgehead atoms. The summed E-state index contributed by atoms with van der Waals surface area (Å²) in [4.78, 5) is 0. The number of hydrogen-bond acceptors (Lipinski definition) is 2. The van der Waals surface area contributed by atoms with Gasteiger partial charge in [-0.2, -0.15) is 0 Å². The Morgan fingerprint density at radius 1 is 1.41 bits per heavy atom. The third kappa shape index (κ3) is 2.84. The maximum Gasteiger partial charge on any atom is 0.573 e. The number of hydrogen-bond donors (Lipinski definition) is 1. The quantitative estimate of drug-likeness (QED) is 0.872. The van der Waals surface area contributed by atoms with Gasteiger partial charge in [0.05, 0.1) is 0 Å². The Kier molecular flexibility index (Phi) is 3.17. The summed E-state index contributed by atoms with van der Waals surface area (Å²) < 4.78 is 40.2. The molecule has 1 atom stereocenters. The highest BCUT2D eigenvalue weighted by Gasteiger charge is 2.32. The van der Waals surface area contributed by atoms with Gasteiger partial charge in [0.1, 0.15) is 5.75 Å². The number of nitrogens with one attached hydrogen (secondary N) is 1. The number of benzene rings is 1. The van der Waals surface area contributed by atoms with Gasteiger partial charge in [-0.25, -0.2) is 0 Å². The molecule has 0 spiro atoms. The number of anilines is 1. The van der Waals surface area contributed by atoms with Crippen molar-refractivity contribution in [3.8, 4) is 5.75 Å². The molecule has 1 aromatic rings. The van der Waals surface area contributed by atoms with E-state index in [-0.39, 0.29) is 11.7 Å². The SMILES string of the molecule is CCC[C@@H]1CNc2ccc(OC(F)(F)F)cc21. The summed E-state index contributed by atoms with van der Waals surface area (Å²) in [5.41, 5.74) is 1.84. The molecule has 0 amide bonds. The maximum atomic E-state index is 12.1. The average molecular weight is 245 g/mol. The Labute approximate surface area is 97.8 Å². The minimum atomic E-state index is -4.62. The zero-order valence-electron chi connectivity index (χ0n) is 9.47. The van der Waals surface area contributed by atoms with E-state index in [4.69, 9.17) is 0 Å². The highest BCUT2D eigenvalue weighted by atomic mass is 19.4. The summed E-state index contributed by atoms with van der Waals surface area (Å²) in [5.74, 6) is 0.146. The Bertz CT molecular complexity index is 401. The predicted molar refractivity (Wildman–Crippen MR) is 59.3 cm³/mol. The molecule has 17 heavy (non-hydrogen) atoms. The molecule has 0 aliphatic carbocycles. The third-order valence-corrected chi connectivity index (χ3v) is 2.87. The molecule has 1 aromatic carbocycles. The summed E-state index contributed by atoms with van der Waals surface area (Å²) in [6.07, 6.45) is -2.65. The molecular weight excluding hydrogens is 231 g/mol. The lowest BCUT2D eigenvalue weighted by molar-refractivity contribution is -0.274. The highest BCUT2D eigenvalue weighted by Crippen LogP contribution is 2.37. The van der Waals surface area contributed by atoms with Crippen LogP contribution in [0.15, 0.2) is 18.2 Å². The summed E-state index contributed by atoms with van der Waals surface area (Å²) in [6, 6.07) is 4.48. The molecule has 0 saturated carbocycles. The molecule has 0 fully saturated rings. The van der Waals surface area contributed by atoms with E-state index in [1.165, 1.54) is 12.1 Å². The van der Waals surface area contributed by atoms with Crippen molar-refractivity contribution in [1.82, 2.24) is 0 Å². The van der Waals surface area contributed by atoms with Crippen LogP contribution in [0.25, 0.3) is 0 Å². The van der Waals surface area contributed by atoms with Gasteiger partial charge in [0.25, 0.3) is 0 Å². The molecular formula is C12H14F3NO. The molecule has 94 valence electrons. The monoisotopic (exact) mass is 245 g/mol. The Morgan fingerprint density at radius 2 is 2.18 bits per heavy atom. The molecule has 0 unspecified atom stereocenters. The van der Waals surface area contributed by atoms with Crippen LogP contribution in [0.1, 0.15) is 31.2 Å². The van der Waals surface area contributed by atoms with Crippen LogP contribution in [-0.2, 0) is 0 Å². The highest BCUT2D eigenvalue weighted by molar-refractivity contribution is 5.60. The van der Waals surface area contributed by atoms with Gasteiger partial charge in [-0.1, -0.05) is 13.3 Å². The van der Waals surface area contributed by atoms with Crippen molar-refractivity contribution in [3.05, 3.63) is 23.8 Å². The van der Waals surface area contributed by atoms with Crippen LogP contribution in [0.3, 0.4) is 0 Å². The lowest BCUT2D eigenvalue weighted by atomic mass is 9.96. The van der Waals surface area contributed by atoms with Crippen LogP contribution in [0.4, 0.5) is 18.9 Å². The van der Waals surface area contributed by atoms with E-state index >= 15 is 0 Å². The van der Waals surface area contributed by atoms with Crippen LogP contribution in [0, 0.1) is 0 Å². The number of rotatable bonds is 3. The summed E-state index contributed by atoms with van der Waals surface area (Å²) in [5, 5.41) is 3.19. The van der Waals surface area contributed by atoms with E-state index in [9.17, 15) is 13.2 Å². The molecule has 1 aliphatic heterocycles. The number of alkyl halides is 3. The first-order valence-corrected chi connectivity index (χ1v) is 5.63. The minimum absolute atomic E-state index is 0.138. The standard InChI is InChI=1S/C12H14F3NO/c1-2-3-8-7-16-11-5-4-9(6-10(8)11)17-12(13,14)15/h4-6,8,16H,2-3,7H2,1H3/t8-/m1/s1. The predicted octanol–water partition coefficient (Wildman–Crippen LogP) is 3.89. The maximum absolute atomic E-state index is 12.1. The molecule has 0 aromatic heterocycles. The van der Waals surface area contributed by atoms with Crippen molar-refractivity contribution < 1.29 is 17.9 Å². The van der Waals surface area contributed by atoms with E-state index in [1.807, 2.05) is 0 Å². The van der Waals surface area contributed by atoms with Crippen LogP contribution in [0.2, 0.25) is 0 Å². The zero-order valence-corrected chi connectivity index (χ0v) is 9.47. The first-order chi connectivity index (χ1) is 7.99. The van der Waals surface area contributed by atoms with Crippen molar-refractivity contribution >= 4 is 5.69 Å². The lowest BCUT2D eigenvalue weighted by Gasteiger charge is -2.12. The normalized spacial score (nSPS) is 18.7. The second-order valence-electron chi connectivity index (χ2n) is 4.16. The minimum Gasteiger partial charge on any atom is -0.406 e. The fourth-order valence-electron chi connectivity index (χ4n) is 2.19. The molecule has 5 heteroatoms. The number of ether oxygens (including phenoxy) is 1. The number of halogens is 3. The third-order valence-electron chi connectivity index (χ3n) is 2.87. The topological polar surface area (TPSA) is 21.3 Å². The average Bonchev–Trinajstić information content (AvgIpc) is 2.59. The second kappa shape index (κ2) is 4.47. The molecule has 0 radical (unpaired) electrons. The van der Waals surface area contributed by atoms with Gasteiger partial charge in [-0.3, -0.25) is 0 Å². The van der Waals surface area contributed by atoms with E-state index in [0.29, 0.717) is 0 Å². The van der Waals surface area contributed by atoms with Gasteiger partial charge in [0.2, 0.25) is 0 Å². The summed E-state index contributed by atoms with van der Waals surface area (Å²) >= 11 is 0. The largest absolute Gasteiger partial charge is 0.573 e. The molecule has 1 heterocycles. The fourth-order valence-corrected chi connectivity index (χ4v) is 2.19. The van der Waals surface area contributed by atoms with Crippen LogP contribution < -0.4 is 10.1 Å². The Hall–Kier alpha value is -1.39. The Morgan fingerprint density at radius 3 is 2.82 bits per heavy atom. The molecule has 2 nitrogen and oxygen atoms in total. The zero-order chi connectivity index (χ0) is 12.5. The van der Waals surface area contributed by atoms with E-state index in [0.717, 1.165) is 30.6 Å². The van der Waals surface area contributed by atoms with Crippen LogP contribution >= 0.6 is 0 Å². The first-order valence-electron chi connectivity index (χ1n) is 5.63. The first kappa shape index (κ1) is 12.1. The van der Waals surface area contributed by atoms with Crippen molar-refractivity contribution in [2.24, 2.45) is 0 Å². The summed E-state index contributed by atoms with van der Waals surface area (Å²) in [7, 11) is 0. The molecule has 2 rings (SSSR count). The fraction of sp³-hybridized carbons (Fsp3) is 0.500. The lowest BCUT2D eigenvalue weighted by Crippen LogP contribution is -2.17. The smallest absolute Gasteiger partial charge is 0.406 e. The van der Waals surface area contributed by atoms with Gasteiger partial charge in [-0.05, 0) is 30.2 Å². The van der Waals surface area contributed by atoms with Gasteiger partial charge >= 0.3 is 6.36 Å². The van der Waals surface area contributed by atoms with Crippen LogP contribution in [-0.4, -0.2) is 12.9 Å². The van der Waals surface area contributed by atoms with E-state index in [1.54, 1.807) is 6.07 Å². The van der Waals surface area contributed by atoms with Crippen molar-refractivity contribution in [3.63, 3.8) is 0 Å². The van der Waals surface area contributed by atoms with Gasteiger partial charge < -0.3 is 10.1 Å². The van der Waals surface area contributed by atoms with Gasteiger partial charge in [-0.15, -0.1) is 13.2 Å². The van der Waals surface area contributed by atoms with Gasteiger partial charge in [0.15, 0.2) is 0 Å². The van der Waals surface area contributed by atoms with E-state index in [2.05, 4.69) is 17.0 Å².